The van der Waals surface area contributed by atoms with Crippen molar-refractivity contribution in [1.82, 2.24) is 20.0 Å². The molecule has 0 saturated heterocycles. The van der Waals surface area contributed by atoms with Gasteiger partial charge >= 0.3 is 0 Å². The van der Waals surface area contributed by atoms with E-state index >= 15 is 0 Å². The van der Waals surface area contributed by atoms with E-state index in [1.807, 2.05) is 42.0 Å². The van der Waals surface area contributed by atoms with E-state index in [9.17, 15) is 0 Å². The molecule has 0 atom stereocenters. The lowest BCUT2D eigenvalue weighted by atomic mass is 10.1. The van der Waals surface area contributed by atoms with Crippen LogP contribution in [0.15, 0.2) is 78.0 Å². The molecule has 5 nitrogen and oxygen atoms in total. The molecule has 0 aliphatic heterocycles. The van der Waals surface area contributed by atoms with Gasteiger partial charge in [-0.3, -0.25) is 4.68 Å². The molecule has 0 unspecified atom stereocenters. The molecule has 1 aromatic heterocycles. The van der Waals surface area contributed by atoms with E-state index in [1.165, 1.54) is 16.7 Å². The Morgan fingerprint density at radius 1 is 1.00 bits per heavy atom. The summed E-state index contributed by atoms with van der Waals surface area (Å²) in [4.78, 5) is 6.77. The van der Waals surface area contributed by atoms with Crippen LogP contribution in [0, 0.1) is 0 Å². The smallest absolute Gasteiger partial charge is 0.194 e. The second-order valence-corrected chi connectivity index (χ2v) is 6.40. The number of aromatic nitrogens is 2. The van der Waals surface area contributed by atoms with Gasteiger partial charge in [-0.05, 0) is 22.8 Å². The predicted octanol–water partition coefficient (Wildman–Crippen LogP) is 3.14. The Kier molecular flexibility index (Phi) is 6.04. The van der Waals surface area contributed by atoms with E-state index in [0.717, 1.165) is 19.0 Å². The average Bonchev–Trinajstić information content (AvgIpc) is 3.15. The summed E-state index contributed by atoms with van der Waals surface area (Å²) in [5.74, 6) is 0.881. The van der Waals surface area contributed by atoms with Crippen LogP contribution >= 0.6 is 0 Å². The number of aliphatic imine (C=N–C) groups is 1. The van der Waals surface area contributed by atoms with Crippen molar-refractivity contribution in [2.45, 2.75) is 19.6 Å². The molecule has 26 heavy (non-hydrogen) atoms. The number of hydrogen-bond acceptors (Lipinski definition) is 2. The SMILES string of the molecule is CN(C)C(=NCc1cccc(Cn2cccn2)c1)NCc1ccccc1. The van der Waals surface area contributed by atoms with Crippen molar-refractivity contribution in [2.24, 2.45) is 4.99 Å². The molecule has 3 aromatic rings. The monoisotopic (exact) mass is 347 g/mol. The van der Waals surface area contributed by atoms with Crippen LogP contribution in [0.4, 0.5) is 0 Å². The minimum Gasteiger partial charge on any atom is -0.352 e. The topological polar surface area (TPSA) is 45.5 Å². The first kappa shape index (κ1) is 17.7. The quantitative estimate of drug-likeness (QED) is 0.550. The van der Waals surface area contributed by atoms with Crippen LogP contribution in [0.25, 0.3) is 0 Å². The maximum atomic E-state index is 4.76. The zero-order chi connectivity index (χ0) is 18.2. The van der Waals surface area contributed by atoms with E-state index in [-0.39, 0.29) is 0 Å². The molecular weight excluding hydrogens is 322 g/mol. The highest BCUT2D eigenvalue weighted by molar-refractivity contribution is 5.79. The van der Waals surface area contributed by atoms with E-state index in [1.54, 1.807) is 6.20 Å². The maximum absolute atomic E-state index is 4.76. The molecule has 0 fully saturated rings. The second-order valence-electron chi connectivity index (χ2n) is 6.40. The van der Waals surface area contributed by atoms with Crippen molar-refractivity contribution in [1.29, 1.82) is 0 Å². The van der Waals surface area contributed by atoms with Crippen molar-refractivity contribution < 1.29 is 0 Å². The fourth-order valence-electron chi connectivity index (χ4n) is 2.71. The predicted molar refractivity (Wildman–Crippen MR) is 106 cm³/mol. The van der Waals surface area contributed by atoms with Gasteiger partial charge in [-0.2, -0.15) is 5.10 Å². The Balaban J connectivity index is 1.63. The summed E-state index contributed by atoms with van der Waals surface area (Å²) in [5.41, 5.74) is 3.66. The molecule has 0 aliphatic carbocycles. The van der Waals surface area contributed by atoms with Gasteiger partial charge in [0.2, 0.25) is 0 Å². The molecule has 0 amide bonds. The van der Waals surface area contributed by atoms with Gasteiger partial charge in [0.25, 0.3) is 0 Å². The third kappa shape index (κ3) is 5.21. The van der Waals surface area contributed by atoms with Crippen molar-refractivity contribution in [3.63, 3.8) is 0 Å². The van der Waals surface area contributed by atoms with Gasteiger partial charge in [0.05, 0.1) is 13.1 Å². The van der Waals surface area contributed by atoms with Gasteiger partial charge in [0, 0.05) is 33.0 Å². The number of rotatable bonds is 6. The first-order chi connectivity index (χ1) is 12.7. The van der Waals surface area contributed by atoms with Crippen LogP contribution in [-0.2, 0) is 19.6 Å². The third-order valence-corrected chi connectivity index (χ3v) is 4.02. The summed E-state index contributed by atoms with van der Waals surface area (Å²) in [5, 5.41) is 7.68. The van der Waals surface area contributed by atoms with Gasteiger partial charge in [-0.15, -0.1) is 0 Å². The van der Waals surface area contributed by atoms with Crippen LogP contribution in [0.2, 0.25) is 0 Å². The summed E-state index contributed by atoms with van der Waals surface area (Å²) in [6.45, 7) is 2.18. The minimum atomic E-state index is 0.641. The first-order valence-corrected chi connectivity index (χ1v) is 8.75. The van der Waals surface area contributed by atoms with Gasteiger partial charge in [-0.1, -0.05) is 54.6 Å². The van der Waals surface area contributed by atoms with Crippen LogP contribution in [0.5, 0.6) is 0 Å². The van der Waals surface area contributed by atoms with Crippen LogP contribution < -0.4 is 5.32 Å². The number of benzene rings is 2. The van der Waals surface area contributed by atoms with Gasteiger partial charge in [0.1, 0.15) is 0 Å². The Morgan fingerprint density at radius 2 is 1.77 bits per heavy atom. The molecule has 1 heterocycles. The van der Waals surface area contributed by atoms with E-state index in [4.69, 9.17) is 4.99 Å². The lowest BCUT2D eigenvalue weighted by Gasteiger charge is -2.18. The highest BCUT2D eigenvalue weighted by Crippen LogP contribution is 2.08. The summed E-state index contributed by atoms with van der Waals surface area (Å²) in [7, 11) is 4.01. The molecule has 1 N–H and O–H groups in total. The van der Waals surface area contributed by atoms with E-state index in [2.05, 4.69) is 58.9 Å². The fourth-order valence-corrected chi connectivity index (χ4v) is 2.71. The molecule has 0 saturated carbocycles. The van der Waals surface area contributed by atoms with Gasteiger partial charge < -0.3 is 10.2 Å². The number of guanidine groups is 1. The Hall–Kier alpha value is -3.08. The number of nitrogens with zero attached hydrogens (tertiary/aromatic N) is 4. The zero-order valence-electron chi connectivity index (χ0n) is 15.3. The Bertz CT molecular complexity index is 823. The summed E-state index contributed by atoms with van der Waals surface area (Å²) < 4.78 is 1.93. The van der Waals surface area contributed by atoms with Gasteiger partial charge in [-0.25, -0.2) is 4.99 Å². The normalized spacial score (nSPS) is 11.4. The molecule has 0 spiro atoms. The Labute approximate surface area is 155 Å². The highest BCUT2D eigenvalue weighted by Gasteiger charge is 2.03. The third-order valence-electron chi connectivity index (χ3n) is 4.02. The Morgan fingerprint density at radius 3 is 2.50 bits per heavy atom. The highest BCUT2D eigenvalue weighted by atomic mass is 15.3. The number of nitrogens with one attached hydrogen (secondary N) is 1. The maximum Gasteiger partial charge on any atom is 0.194 e. The molecule has 0 bridgehead atoms. The lowest BCUT2D eigenvalue weighted by molar-refractivity contribution is 0.578. The molecule has 0 radical (unpaired) electrons. The standard InChI is InChI=1S/C21H25N5/c1-25(2)21(22-15-18-8-4-3-5-9-18)23-16-19-10-6-11-20(14-19)17-26-13-7-12-24-26/h3-14H,15-17H2,1-2H3,(H,22,23). The van der Waals surface area contributed by atoms with Crippen molar-refractivity contribution in [3.05, 3.63) is 89.7 Å². The van der Waals surface area contributed by atoms with Crippen LogP contribution in [0.1, 0.15) is 16.7 Å². The molecule has 2 aromatic carbocycles. The van der Waals surface area contributed by atoms with E-state index in [0.29, 0.717) is 6.54 Å². The van der Waals surface area contributed by atoms with Crippen LogP contribution in [0.3, 0.4) is 0 Å². The fraction of sp³-hybridized carbons (Fsp3) is 0.238. The molecule has 3 rings (SSSR count). The van der Waals surface area contributed by atoms with Crippen LogP contribution in [-0.4, -0.2) is 34.7 Å². The zero-order valence-corrected chi connectivity index (χ0v) is 15.3. The summed E-state index contributed by atoms with van der Waals surface area (Å²) in [6.07, 6.45) is 3.78. The first-order valence-electron chi connectivity index (χ1n) is 8.75. The minimum absolute atomic E-state index is 0.641. The molecule has 134 valence electrons. The lowest BCUT2D eigenvalue weighted by Crippen LogP contribution is -2.36. The summed E-state index contributed by atoms with van der Waals surface area (Å²) >= 11 is 0. The van der Waals surface area contributed by atoms with Crippen molar-refractivity contribution >= 4 is 5.96 Å². The second kappa shape index (κ2) is 8.85. The molecule has 5 heteroatoms. The average molecular weight is 347 g/mol. The molecular formula is C21H25N5. The van der Waals surface area contributed by atoms with Gasteiger partial charge in [0.15, 0.2) is 5.96 Å². The van der Waals surface area contributed by atoms with E-state index < -0.39 is 0 Å². The number of hydrogen-bond donors (Lipinski definition) is 1. The molecule has 0 aliphatic rings. The van der Waals surface area contributed by atoms with Crippen molar-refractivity contribution in [3.8, 4) is 0 Å². The largest absolute Gasteiger partial charge is 0.352 e. The van der Waals surface area contributed by atoms with Crippen molar-refractivity contribution in [2.75, 3.05) is 14.1 Å². The summed E-state index contributed by atoms with van der Waals surface area (Å²) in [6, 6.07) is 20.8.